The average molecular weight is 609 g/mol. The standard InChI is InChI=1S/C35H41FN8O/c1-5-6-7-15-44-23-31(21-39-44)41-35-37-19-26(20-38-35)9-11-27-17-28(10-8-25(27)2)34(45)40-30-13-12-29(33(36)18-30)22-43-16-14-32(24-43)42(3)4/h8,10,12-13,17-21,23,32H,5-7,14-16,22,24H2,1-4H3,(H,40,45)(H,37,38,41)/t32-/m0/s1. The van der Waals surface area contributed by atoms with Crippen LogP contribution in [0, 0.1) is 24.6 Å². The van der Waals surface area contributed by atoms with E-state index >= 15 is 0 Å². The minimum absolute atomic E-state index is 0.322. The molecule has 9 nitrogen and oxygen atoms in total. The van der Waals surface area contributed by atoms with E-state index in [1.165, 1.54) is 18.9 Å². The second-order valence-corrected chi connectivity index (χ2v) is 11.8. The quantitative estimate of drug-likeness (QED) is 0.163. The van der Waals surface area contributed by atoms with E-state index in [9.17, 15) is 9.18 Å². The van der Waals surface area contributed by atoms with Gasteiger partial charge >= 0.3 is 0 Å². The third-order valence-corrected chi connectivity index (χ3v) is 8.06. The number of halogens is 1. The van der Waals surface area contributed by atoms with Crippen LogP contribution in [-0.2, 0) is 13.1 Å². The number of aryl methyl sites for hydroxylation is 2. The number of carbonyl (C=O) groups excluding carboxylic acids is 1. The fourth-order valence-corrected chi connectivity index (χ4v) is 5.27. The van der Waals surface area contributed by atoms with Gasteiger partial charge < -0.3 is 15.5 Å². The van der Waals surface area contributed by atoms with E-state index in [-0.39, 0.29) is 11.7 Å². The Kier molecular flexibility index (Phi) is 10.6. The van der Waals surface area contributed by atoms with Gasteiger partial charge in [0, 0.05) is 73.2 Å². The first-order valence-corrected chi connectivity index (χ1v) is 15.5. The Labute approximate surface area is 264 Å². The summed E-state index contributed by atoms with van der Waals surface area (Å²) in [5.41, 5.74) is 4.60. The molecule has 1 fully saturated rings. The summed E-state index contributed by atoms with van der Waals surface area (Å²) in [7, 11) is 4.16. The first-order valence-electron chi connectivity index (χ1n) is 15.5. The number of aromatic nitrogens is 4. The maximum atomic E-state index is 15.0. The monoisotopic (exact) mass is 608 g/mol. The van der Waals surface area contributed by atoms with Crippen molar-refractivity contribution >= 4 is 23.2 Å². The highest BCUT2D eigenvalue weighted by atomic mass is 19.1. The van der Waals surface area contributed by atoms with Gasteiger partial charge in [0.05, 0.1) is 17.4 Å². The van der Waals surface area contributed by atoms with Gasteiger partial charge in [0.1, 0.15) is 5.82 Å². The molecule has 0 bridgehead atoms. The number of rotatable bonds is 11. The molecule has 0 radical (unpaired) electrons. The highest BCUT2D eigenvalue weighted by Crippen LogP contribution is 2.21. The predicted octanol–water partition coefficient (Wildman–Crippen LogP) is 5.84. The average Bonchev–Trinajstić information content (AvgIpc) is 3.69. The summed E-state index contributed by atoms with van der Waals surface area (Å²) >= 11 is 0. The van der Waals surface area contributed by atoms with Crippen LogP contribution in [0.1, 0.15) is 65.2 Å². The smallest absolute Gasteiger partial charge is 0.255 e. The van der Waals surface area contributed by atoms with Crippen molar-refractivity contribution in [3.63, 3.8) is 0 Å². The van der Waals surface area contributed by atoms with Gasteiger partial charge in [-0.05, 0) is 63.7 Å². The molecule has 1 saturated heterocycles. The molecule has 1 atom stereocenters. The lowest BCUT2D eigenvalue weighted by Gasteiger charge is -2.20. The summed E-state index contributed by atoms with van der Waals surface area (Å²) in [4.78, 5) is 26.3. The number of benzene rings is 2. The van der Waals surface area contributed by atoms with Crippen LogP contribution in [0.4, 0.5) is 21.7 Å². The highest BCUT2D eigenvalue weighted by Gasteiger charge is 2.24. The number of anilines is 3. The Morgan fingerprint density at radius 3 is 2.62 bits per heavy atom. The third-order valence-electron chi connectivity index (χ3n) is 8.06. The van der Waals surface area contributed by atoms with Crippen molar-refractivity contribution in [2.24, 2.45) is 0 Å². The Bertz CT molecular complexity index is 1670. The Hall–Kier alpha value is -4.59. The minimum atomic E-state index is -0.328. The summed E-state index contributed by atoms with van der Waals surface area (Å²) in [5, 5.41) is 10.4. The van der Waals surface area contributed by atoms with Crippen molar-refractivity contribution in [1.82, 2.24) is 29.5 Å². The number of carbonyl (C=O) groups is 1. The molecule has 2 aromatic carbocycles. The van der Waals surface area contributed by atoms with E-state index in [1.54, 1.807) is 42.9 Å². The minimum Gasteiger partial charge on any atom is -0.322 e. The number of amides is 1. The molecule has 1 aliphatic heterocycles. The zero-order valence-corrected chi connectivity index (χ0v) is 26.5. The van der Waals surface area contributed by atoms with Gasteiger partial charge in [0.15, 0.2) is 0 Å². The lowest BCUT2D eigenvalue weighted by molar-refractivity contribution is 0.102. The number of nitrogens with zero attached hydrogens (tertiary/aromatic N) is 6. The molecule has 1 aliphatic rings. The van der Waals surface area contributed by atoms with Crippen molar-refractivity contribution in [3.05, 3.63) is 94.8 Å². The number of unbranched alkanes of at least 4 members (excludes halogenated alkanes) is 2. The maximum absolute atomic E-state index is 15.0. The van der Waals surface area contributed by atoms with Gasteiger partial charge in [-0.15, -0.1) is 0 Å². The molecule has 234 valence electrons. The van der Waals surface area contributed by atoms with E-state index in [2.05, 4.69) is 68.4 Å². The highest BCUT2D eigenvalue weighted by molar-refractivity contribution is 6.04. The molecule has 4 aromatic rings. The number of hydrogen-bond acceptors (Lipinski definition) is 7. The molecular weight excluding hydrogens is 567 g/mol. The lowest BCUT2D eigenvalue weighted by atomic mass is 10.0. The molecule has 0 aliphatic carbocycles. The van der Waals surface area contributed by atoms with Gasteiger partial charge in [-0.3, -0.25) is 14.4 Å². The summed E-state index contributed by atoms with van der Waals surface area (Å²) in [5.74, 6) is 6.03. The molecule has 2 N–H and O–H groups in total. The summed E-state index contributed by atoms with van der Waals surface area (Å²) < 4.78 is 16.9. The number of nitrogens with one attached hydrogen (secondary N) is 2. The molecule has 0 saturated carbocycles. The first-order chi connectivity index (χ1) is 21.8. The van der Waals surface area contributed by atoms with E-state index in [0.29, 0.717) is 46.5 Å². The van der Waals surface area contributed by atoms with Crippen molar-refractivity contribution in [2.75, 3.05) is 37.8 Å². The van der Waals surface area contributed by atoms with Crippen LogP contribution < -0.4 is 10.6 Å². The maximum Gasteiger partial charge on any atom is 0.255 e. The topological polar surface area (TPSA) is 91.2 Å². The number of hydrogen-bond donors (Lipinski definition) is 2. The van der Waals surface area contributed by atoms with Crippen LogP contribution in [0.15, 0.2) is 61.2 Å². The first kappa shape index (κ1) is 31.8. The van der Waals surface area contributed by atoms with Crippen LogP contribution in [0.2, 0.25) is 0 Å². The van der Waals surface area contributed by atoms with Crippen LogP contribution in [0.5, 0.6) is 0 Å². The fourth-order valence-electron chi connectivity index (χ4n) is 5.27. The van der Waals surface area contributed by atoms with E-state index < -0.39 is 0 Å². The molecule has 45 heavy (non-hydrogen) atoms. The largest absolute Gasteiger partial charge is 0.322 e. The Balaban J connectivity index is 1.18. The van der Waals surface area contributed by atoms with E-state index in [1.807, 2.05) is 23.9 Å². The van der Waals surface area contributed by atoms with Crippen molar-refractivity contribution in [2.45, 2.75) is 58.7 Å². The zero-order chi connectivity index (χ0) is 31.8. The predicted molar refractivity (Wildman–Crippen MR) is 176 cm³/mol. The molecule has 2 aromatic heterocycles. The SMILES string of the molecule is CCCCCn1cc(Nc2ncc(C#Cc3cc(C(=O)Nc4ccc(CN5CC[C@H](N(C)C)C5)c(F)c4)ccc3C)cn2)cn1. The van der Waals surface area contributed by atoms with E-state index in [4.69, 9.17) is 0 Å². The van der Waals surface area contributed by atoms with Gasteiger partial charge in [-0.2, -0.15) is 5.10 Å². The fraction of sp³-hybridized carbons (Fsp3) is 0.371. The van der Waals surface area contributed by atoms with Crippen LogP contribution in [0.25, 0.3) is 0 Å². The number of likely N-dealkylation sites (tertiary alicyclic amines) is 1. The molecule has 0 spiro atoms. The molecule has 1 amide bonds. The second kappa shape index (κ2) is 14.9. The molecule has 3 heterocycles. The van der Waals surface area contributed by atoms with Crippen LogP contribution >= 0.6 is 0 Å². The van der Waals surface area contributed by atoms with Crippen LogP contribution in [0.3, 0.4) is 0 Å². The Morgan fingerprint density at radius 1 is 1.07 bits per heavy atom. The number of likely N-dealkylation sites (N-methyl/N-ethyl adjacent to an activating group) is 1. The van der Waals surface area contributed by atoms with Crippen molar-refractivity contribution < 1.29 is 9.18 Å². The molecule has 10 heteroatoms. The van der Waals surface area contributed by atoms with Gasteiger partial charge in [-0.25, -0.2) is 14.4 Å². The summed E-state index contributed by atoms with van der Waals surface area (Å²) in [6, 6.07) is 10.7. The van der Waals surface area contributed by atoms with Crippen LogP contribution in [-0.4, -0.2) is 68.7 Å². The van der Waals surface area contributed by atoms with Gasteiger partial charge in [-0.1, -0.05) is 43.7 Å². The van der Waals surface area contributed by atoms with Crippen molar-refractivity contribution in [1.29, 1.82) is 0 Å². The summed E-state index contributed by atoms with van der Waals surface area (Å²) in [6.45, 7) is 7.43. The third kappa shape index (κ3) is 8.75. The normalized spacial score (nSPS) is 14.8. The van der Waals surface area contributed by atoms with Crippen molar-refractivity contribution in [3.8, 4) is 11.8 Å². The van der Waals surface area contributed by atoms with Gasteiger partial charge in [0.2, 0.25) is 5.95 Å². The lowest BCUT2D eigenvalue weighted by Crippen LogP contribution is -2.31. The molecular formula is C35H41FN8O. The molecule has 0 unspecified atom stereocenters. The molecule has 5 rings (SSSR count). The second-order valence-electron chi connectivity index (χ2n) is 11.8. The van der Waals surface area contributed by atoms with Gasteiger partial charge in [0.25, 0.3) is 5.91 Å². The summed E-state index contributed by atoms with van der Waals surface area (Å²) in [6.07, 6.45) is 11.5. The van der Waals surface area contributed by atoms with E-state index in [0.717, 1.165) is 43.7 Å². The Morgan fingerprint density at radius 2 is 1.89 bits per heavy atom. The zero-order valence-electron chi connectivity index (χ0n) is 26.5.